The summed E-state index contributed by atoms with van der Waals surface area (Å²) < 4.78 is 2.04. The molecule has 6 heteroatoms. The molecule has 0 radical (unpaired) electrons. The van der Waals surface area contributed by atoms with E-state index < -0.39 is 0 Å². The van der Waals surface area contributed by atoms with Crippen LogP contribution >= 0.6 is 11.8 Å². The summed E-state index contributed by atoms with van der Waals surface area (Å²) >= 11 is 1.66. The minimum atomic E-state index is -0.00478. The van der Waals surface area contributed by atoms with Crippen LogP contribution in [0.2, 0.25) is 0 Å². The molecule has 2 aromatic heterocycles. The van der Waals surface area contributed by atoms with Crippen molar-refractivity contribution < 1.29 is 0 Å². The first-order valence-electron chi connectivity index (χ1n) is 7.90. The number of rotatable bonds is 3. The van der Waals surface area contributed by atoms with Gasteiger partial charge < -0.3 is 0 Å². The Labute approximate surface area is 138 Å². The van der Waals surface area contributed by atoms with E-state index in [4.69, 9.17) is 0 Å². The van der Waals surface area contributed by atoms with Crippen molar-refractivity contribution in [2.45, 2.75) is 43.5 Å². The Kier molecular flexibility index (Phi) is 3.69. The maximum Gasteiger partial charge on any atom is 0.255 e. The summed E-state index contributed by atoms with van der Waals surface area (Å²) in [5.74, 6) is 1.40. The minimum absolute atomic E-state index is 0.00478. The second-order valence-corrected chi connectivity index (χ2v) is 6.95. The molecular formula is C17H18N4OS. The van der Waals surface area contributed by atoms with E-state index >= 15 is 0 Å². The van der Waals surface area contributed by atoms with Crippen molar-refractivity contribution in [3.63, 3.8) is 0 Å². The Hall–Kier alpha value is -2.08. The zero-order chi connectivity index (χ0) is 15.8. The summed E-state index contributed by atoms with van der Waals surface area (Å²) in [6, 6.07) is 8.49. The Morgan fingerprint density at radius 3 is 3.00 bits per heavy atom. The van der Waals surface area contributed by atoms with Crippen LogP contribution < -0.4 is 5.56 Å². The van der Waals surface area contributed by atoms with Gasteiger partial charge in [0.2, 0.25) is 5.78 Å². The third-order valence-electron chi connectivity index (χ3n) is 4.29. The Balaban J connectivity index is 1.72. The number of aromatic nitrogens is 4. The van der Waals surface area contributed by atoms with Crippen LogP contribution in [0.1, 0.15) is 35.2 Å². The van der Waals surface area contributed by atoms with Crippen LogP contribution in [0, 0.1) is 6.92 Å². The molecule has 0 saturated carbocycles. The highest BCUT2D eigenvalue weighted by Gasteiger charge is 2.20. The molecular weight excluding hydrogens is 308 g/mol. The minimum Gasteiger partial charge on any atom is -0.290 e. The van der Waals surface area contributed by atoms with Crippen LogP contribution in [0.15, 0.2) is 34.2 Å². The van der Waals surface area contributed by atoms with E-state index in [1.165, 1.54) is 11.1 Å². The fraction of sp³-hybridized carbons (Fsp3) is 0.353. The third kappa shape index (κ3) is 2.67. The van der Waals surface area contributed by atoms with Crippen molar-refractivity contribution in [3.8, 4) is 0 Å². The van der Waals surface area contributed by atoms with Gasteiger partial charge in [0.05, 0.1) is 0 Å². The SMILES string of the molecule is Cc1cccc(CSc2nnc3[nH]c(=O)c4c(n23)CCCC4)c1. The van der Waals surface area contributed by atoms with E-state index in [9.17, 15) is 4.79 Å². The zero-order valence-electron chi connectivity index (χ0n) is 13.0. The number of benzene rings is 1. The number of nitrogens with zero attached hydrogens (tertiary/aromatic N) is 3. The van der Waals surface area contributed by atoms with Gasteiger partial charge in [-0.2, -0.15) is 0 Å². The fourth-order valence-electron chi connectivity index (χ4n) is 3.20. The number of thioether (sulfide) groups is 1. The van der Waals surface area contributed by atoms with Gasteiger partial charge in [0.1, 0.15) is 0 Å². The van der Waals surface area contributed by atoms with Gasteiger partial charge in [-0.25, -0.2) is 0 Å². The van der Waals surface area contributed by atoms with E-state index in [0.717, 1.165) is 47.8 Å². The summed E-state index contributed by atoms with van der Waals surface area (Å²) in [6.07, 6.45) is 3.97. The molecule has 3 aromatic rings. The summed E-state index contributed by atoms with van der Waals surface area (Å²) in [5, 5.41) is 9.30. The highest BCUT2D eigenvalue weighted by Crippen LogP contribution is 2.26. The fourth-order valence-corrected chi connectivity index (χ4v) is 4.09. The molecule has 4 rings (SSSR count). The quantitative estimate of drug-likeness (QED) is 0.752. The van der Waals surface area contributed by atoms with Crippen molar-refractivity contribution in [1.29, 1.82) is 0 Å². The van der Waals surface area contributed by atoms with Crippen LogP contribution in [0.5, 0.6) is 0 Å². The first-order chi connectivity index (χ1) is 11.2. The van der Waals surface area contributed by atoms with Gasteiger partial charge in [-0.15, -0.1) is 10.2 Å². The largest absolute Gasteiger partial charge is 0.290 e. The molecule has 0 fully saturated rings. The molecule has 0 unspecified atom stereocenters. The Morgan fingerprint density at radius 2 is 2.13 bits per heavy atom. The molecule has 23 heavy (non-hydrogen) atoms. The van der Waals surface area contributed by atoms with Crippen LogP contribution in [-0.2, 0) is 18.6 Å². The number of nitrogens with one attached hydrogen (secondary N) is 1. The van der Waals surface area contributed by atoms with Crippen molar-refractivity contribution in [3.05, 3.63) is 57.0 Å². The molecule has 0 saturated heterocycles. The highest BCUT2D eigenvalue weighted by molar-refractivity contribution is 7.98. The number of hydrogen-bond donors (Lipinski definition) is 1. The third-order valence-corrected chi connectivity index (χ3v) is 5.29. The van der Waals surface area contributed by atoms with Gasteiger partial charge in [-0.3, -0.25) is 14.2 Å². The predicted molar refractivity (Wildman–Crippen MR) is 91.0 cm³/mol. The number of hydrogen-bond acceptors (Lipinski definition) is 4. The molecule has 1 N–H and O–H groups in total. The van der Waals surface area contributed by atoms with Crippen molar-refractivity contribution in [2.24, 2.45) is 0 Å². The lowest BCUT2D eigenvalue weighted by Crippen LogP contribution is -2.22. The molecule has 5 nitrogen and oxygen atoms in total. The normalized spacial score (nSPS) is 14.1. The number of aromatic amines is 1. The zero-order valence-corrected chi connectivity index (χ0v) is 13.8. The first-order valence-corrected chi connectivity index (χ1v) is 8.88. The van der Waals surface area contributed by atoms with Crippen molar-refractivity contribution in [1.82, 2.24) is 19.6 Å². The molecule has 1 aromatic carbocycles. The van der Waals surface area contributed by atoms with Gasteiger partial charge in [0.25, 0.3) is 5.56 Å². The van der Waals surface area contributed by atoms with Gasteiger partial charge in [-0.05, 0) is 38.2 Å². The maximum absolute atomic E-state index is 12.2. The van der Waals surface area contributed by atoms with Crippen molar-refractivity contribution >= 4 is 17.5 Å². The van der Waals surface area contributed by atoms with Crippen LogP contribution in [-0.4, -0.2) is 19.6 Å². The standard InChI is InChI=1S/C17H18N4OS/c1-11-5-4-6-12(9-11)10-23-17-20-19-16-18-15(22)13-7-2-3-8-14(13)21(16)17/h4-6,9H,2-3,7-8,10H2,1H3,(H,18,19,22). The summed E-state index contributed by atoms with van der Waals surface area (Å²) in [4.78, 5) is 15.0. The summed E-state index contributed by atoms with van der Waals surface area (Å²) in [7, 11) is 0. The van der Waals surface area contributed by atoms with Crippen molar-refractivity contribution in [2.75, 3.05) is 0 Å². The first kappa shape index (κ1) is 14.5. The van der Waals surface area contributed by atoms with Gasteiger partial charge in [0.15, 0.2) is 5.16 Å². The molecule has 0 atom stereocenters. The molecule has 1 aliphatic rings. The van der Waals surface area contributed by atoms with Crippen LogP contribution in [0.25, 0.3) is 5.78 Å². The predicted octanol–water partition coefficient (Wildman–Crippen LogP) is 2.90. The molecule has 0 bridgehead atoms. The second kappa shape index (κ2) is 5.85. The lowest BCUT2D eigenvalue weighted by Gasteiger charge is -2.16. The van der Waals surface area contributed by atoms with E-state index in [0.29, 0.717) is 5.78 Å². The molecule has 2 heterocycles. The van der Waals surface area contributed by atoms with Crippen LogP contribution in [0.3, 0.4) is 0 Å². The van der Waals surface area contributed by atoms with E-state index in [2.05, 4.69) is 46.4 Å². The second-order valence-electron chi connectivity index (χ2n) is 6.01. The van der Waals surface area contributed by atoms with Gasteiger partial charge in [0, 0.05) is 17.0 Å². The average molecular weight is 326 g/mol. The lowest BCUT2D eigenvalue weighted by atomic mass is 9.97. The molecule has 0 amide bonds. The highest BCUT2D eigenvalue weighted by atomic mass is 32.2. The van der Waals surface area contributed by atoms with Gasteiger partial charge >= 0.3 is 0 Å². The van der Waals surface area contributed by atoms with Gasteiger partial charge in [-0.1, -0.05) is 41.6 Å². The summed E-state index contributed by atoms with van der Waals surface area (Å²) in [5.41, 5.74) is 4.52. The van der Waals surface area contributed by atoms with E-state index in [1.807, 2.05) is 4.40 Å². The average Bonchev–Trinajstić information content (AvgIpc) is 2.96. The maximum atomic E-state index is 12.2. The van der Waals surface area contributed by atoms with E-state index in [-0.39, 0.29) is 5.56 Å². The summed E-state index contributed by atoms with van der Waals surface area (Å²) in [6.45, 7) is 2.10. The smallest absolute Gasteiger partial charge is 0.255 e. The molecule has 0 spiro atoms. The molecule has 1 aliphatic carbocycles. The lowest BCUT2D eigenvalue weighted by molar-refractivity contribution is 0.639. The van der Waals surface area contributed by atoms with Crippen LogP contribution in [0.4, 0.5) is 0 Å². The topological polar surface area (TPSA) is 63.0 Å². The Bertz CT molecular complexity index is 928. The number of fused-ring (bicyclic) bond motifs is 3. The monoisotopic (exact) mass is 326 g/mol. The molecule has 0 aliphatic heterocycles. The number of aryl methyl sites for hydroxylation is 2. The number of H-pyrrole nitrogens is 1. The van der Waals surface area contributed by atoms with E-state index in [1.54, 1.807) is 11.8 Å². The Morgan fingerprint density at radius 1 is 1.26 bits per heavy atom. The molecule has 118 valence electrons.